The topological polar surface area (TPSA) is 64.1 Å². The first-order valence-corrected chi connectivity index (χ1v) is 9.66. The van der Waals surface area contributed by atoms with Gasteiger partial charge in [0.05, 0.1) is 4.47 Å². The predicted octanol–water partition coefficient (Wildman–Crippen LogP) is 3.41. The Labute approximate surface area is 146 Å². The molecule has 1 aromatic heterocycles. The number of rotatable bonds is 5. The minimum atomic E-state index is -0.860. The van der Waals surface area contributed by atoms with Crippen LogP contribution in [0.25, 0.3) is 0 Å². The van der Waals surface area contributed by atoms with Crippen molar-refractivity contribution in [1.82, 2.24) is 9.97 Å². The third-order valence-electron chi connectivity index (χ3n) is 3.65. The standard InChI is InChI=1S/C16H18BrN3O2S/c17-13-9-18-16(19-10-13)20-14-3-1-2-12(8-14)11-23(21)15-4-6-22-7-5-15/h1-3,8-10,15H,4-7,11H2,(H,18,19,20). The molecule has 2 aromatic rings. The first-order valence-electron chi connectivity index (χ1n) is 7.49. The fraction of sp³-hybridized carbons (Fsp3) is 0.375. The molecule has 2 heterocycles. The second kappa shape index (κ2) is 7.99. The average molecular weight is 396 g/mol. The highest BCUT2D eigenvalue weighted by Gasteiger charge is 2.20. The van der Waals surface area contributed by atoms with Gasteiger partial charge in [0.2, 0.25) is 5.95 Å². The van der Waals surface area contributed by atoms with Gasteiger partial charge in [0.1, 0.15) is 0 Å². The zero-order valence-corrected chi connectivity index (χ0v) is 15.0. The predicted molar refractivity (Wildman–Crippen MR) is 95.1 cm³/mol. The molecule has 0 spiro atoms. The average Bonchev–Trinajstić information content (AvgIpc) is 2.58. The van der Waals surface area contributed by atoms with Crippen LogP contribution >= 0.6 is 15.9 Å². The lowest BCUT2D eigenvalue weighted by molar-refractivity contribution is 0.0992. The summed E-state index contributed by atoms with van der Waals surface area (Å²) in [5.41, 5.74) is 1.95. The van der Waals surface area contributed by atoms with E-state index in [0.717, 1.165) is 41.8 Å². The molecule has 0 saturated carbocycles. The molecule has 1 aromatic carbocycles. The van der Waals surface area contributed by atoms with Crippen molar-refractivity contribution < 1.29 is 8.95 Å². The molecule has 1 unspecified atom stereocenters. The number of benzene rings is 1. The van der Waals surface area contributed by atoms with E-state index < -0.39 is 10.8 Å². The van der Waals surface area contributed by atoms with Crippen LogP contribution in [0.4, 0.5) is 11.6 Å². The monoisotopic (exact) mass is 395 g/mol. The zero-order valence-electron chi connectivity index (χ0n) is 12.6. The van der Waals surface area contributed by atoms with Crippen LogP contribution in [0.3, 0.4) is 0 Å². The summed E-state index contributed by atoms with van der Waals surface area (Å²) in [5.74, 6) is 1.11. The van der Waals surface area contributed by atoms with E-state index in [2.05, 4.69) is 31.2 Å². The van der Waals surface area contributed by atoms with E-state index in [0.29, 0.717) is 11.7 Å². The second-order valence-corrected chi connectivity index (χ2v) is 8.02. The van der Waals surface area contributed by atoms with Crippen molar-refractivity contribution in [2.75, 3.05) is 18.5 Å². The molecular formula is C16H18BrN3O2S. The van der Waals surface area contributed by atoms with Crippen molar-refractivity contribution in [3.8, 4) is 0 Å². The number of halogens is 1. The molecule has 0 amide bonds. The van der Waals surface area contributed by atoms with Gasteiger partial charge in [-0.25, -0.2) is 9.97 Å². The number of anilines is 2. The highest BCUT2D eigenvalue weighted by molar-refractivity contribution is 9.10. The Balaban J connectivity index is 1.64. The largest absolute Gasteiger partial charge is 0.381 e. The van der Waals surface area contributed by atoms with E-state index in [1.807, 2.05) is 24.3 Å². The summed E-state index contributed by atoms with van der Waals surface area (Å²) in [5, 5.41) is 3.41. The van der Waals surface area contributed by atoms with Crippen LogP contribution < -0.4 is 5.32 Å². The second-order valence-electron chi connectivity index (χ2n) is 5.39. The van der Waals surface area contributed by atoms with Crippen LogP contribution in [0.5, 0.6) is 0 Å². The Morgan fingerprint density at radius 2 is 2.00 bits per heavy atom. The van der Waals surface area contributed by atoms with Gasteiger partial charge >= 0.3 is 0 Å². The molecule has 1 atom stereocenters. The number of nitrogens with zero attached hydrogens (tertiary/aromatic N) is 2. The Bertz CT molecular complexity index is 675. The Hall–Kier alpha value is -1.31. The third kappa shape index (κ3) is 4.83. The van der Waals surface area contributed by atoms with Gasteiger partial charge in [0, 0.05) is 53.1 Å². The summed E-state index contributed by atoms with van der Waals surface area (Å²) < 4.78 is 18.6. The minimum absolute atomic E-state index is 0.246. The van der Waals surface area contributed by atoms with Crippen molar-refractivity contribution in [2.24, 2.45) is 0 Å². The van der Waals surface area contributed by atoms with Gasteiger partial charge in [-0.3, -0.25) is 4.21 Å². The lowest BCUT2D eigenvalue weighted by atomic mass is 10.2. The summed E-state index contributed by atoms with van der Waals surface area (Å²) in [4.78, 5) is 8.39. The van der Waals surface area contributed by atoms with Crippen molar-refractivity contribution in [1.29, 1.82) is 0 Å². The van der Waals surface area contributed by atoms with Crippen molar-refractivity contribution in [3.05, 3.63) is 46.7 Å². The maximum Gasteiger partial charge on any atom is 0.227 e. The molecule has 0 aliphatic carbocycles. The SMILES string of the molecule is O=S(Cc1cccc(Nc2ncc(Br)cn2)c1)C1CCOCC1. The van der Waals surface area contributed by atoms with Crippen molar-refractivity contribution in [2.45, 2.75) is 23.8 Å². The Kier molecular flexibility index (Phi) is 5.75. The van der Waals surface area contributed by atoms with E-state index in [4.69, 9.17) is 4.74 Å². The Morgan fingerprint density at radius 1 is 1.26 bits per heavy atom. The number of aromatic nitrogens is 2. The highest BCUT2D eigenvalue weighted by Crippen LogP contribution is 2.20. The summed E-state index contributed by atoms with van der Waals surface area (Å²) in [6.07, 6.45) is 5.16. The molecule has 23 heavy (non-hydrogen) atoms. The van der Waals surface area contributed by atoms with Crippen LogP contribution in [0.1, 0.15) is 18.4 Å². The molecule has 0 bridgehead atoms. The van der Waals surface area contributed by atoms with Gasteiger partial charge in [-0.15, -0.1) is 0 Å². The van der Waals surface area contributed by atoms with E-state index in [1.165, 1.54) is 0 Å². The molecular weight excluding hydrogens is 378 g/mol. The van der Waals surface area contributed by atoms with Crippen LogP contribution in [-0.4, -0.2) is 32.6 Å². The quantitative estimate of drug-likeness (QED) is 0.839. The number of hydrogen-bond acceptors (Lipinski definition) is 5. The molecule has 1 aliphatic heterocycles. The van der Waals surface area contributed by atoms with Crippen LogP contribution in [0.2, 0.25) is 0 Å². The van der Waals surface area contributed by atoms with Gasteiger partial charge in [-0.2, -0.15) is 0 Å². The maximum absolute atomic E-state index is 12.5. The maximum atomic E-state index is 12.5. The van der Waals surface area contributed by atoms with Gasteiger partial charge in [0.15, 0.2) is 0 Å². The van der Waals surface area contributed by atoms with E-state index >= 15 is 0 Å². The number of hydrogen-bond donors (Lipinski definition) is 1. The summed E-state index contributed by atoms with van der Waals surface area (Å²) in [6.45, 7) is 1.44. The first-order chi connectivity index (χ1) is 11.2. The van der Waals surface area contributed by atoms with Gasteiger partial charge in [0.25, 0.3) is 0 Å². The molecule has 3 rings (SSSR count). The first kappa shape index (κ1) is 16.5. The molecule has 122 valence electrons. The molecule has 1 saturated heterocycles. The van der Waals surface area contributed by atoms with Gasteiger partial charge in [-0.05, 0) is 46.5 Å². The van der Waals surface area contributed by atoms with Crippen LogP contribution in [0.15, 0.2) is 41.1 Å². The fourth-order valence-electron chi connectivity index (χ4n) is 2.47. The number of nitrogens with one attached hydrogen (secondary N) is 1. The van der Waals surface area contributed by atoms with Gasteiger partial charge < -0.3 is 10.1 Å². The van der Waals surface area contributed by atoms with Crippen molar-refractivity contribution >= 4 is 38.4 Å². The molecule has 1 fully saturated rings. The van der Waals surface area contributed by atoms with E-state index in [-0.39, 0.29) is 5.25 Å². The van der Waals surface area contributed by atoms with Crippen LogP contribution in [-0.2, 0) is 21.3 Å². The smallest absolute Gasteiger partial charge is 0.227 e. The van der Waals surface area contributed by atoms with E-state index in [9.17, 15) is 4.21 Å². The van der Waals surface area contributed by atoms with E-state index in [1.54, 1.807) is 12.4 Å². The summed E-state index contributed by atoms with van der Waals surface area (Å²) >= 11 is 3.31. The molecule has 1 aliphatic rings. The zero-order chi connectivity index (χ0) is 16.1. The summed E-state index contributed by atoms with van der Waals surface area (Å²) in [7, 11) is -0.860. The lowest BCUT2D eigenvalue weighted by Crippen LogP contribution is -2.25. The minimum Gasteiger partial charge on any atom is -0.381 e. The Morgan fingerprint density at radius 3 is 2.74 bits per heavy atom. The molecule has 7 heteroatoms. The highest BCUT2D eigenvalue weighted by atomic mass is 79.9. The fourth-order valence-corrected chi connectivity index (χ4v) is 4.13. The molecule has 1 N–H and O–H groups in total. The van der Waals surface area contributed by atoms with Gasteiger partial charge in [-0.1, -0.05) is 12.1 Å². The molecule has 5 nitrogen and oxygen atoms in total. The third-order valence-corrected chi connectivity index (χ3v) is 5.89. The number of ether oxygens (including phenoxy) is 1. The van der Waals surface area contributed by atoms with Crippen LogP contribution in [0, 0.1) is 0 Å². The molecule has 0 radical (unpaired) electrons. The van der Waals surface area contributed by atoms with Crippen molar-refractivity contribution in [3.63, 3.8) is 0 Å². The lowest BCUT2D eigenvalue weighted by Gasteiger charge is -2.21. The normalized spacial score (nSPS) is 16.9. The summed E-state index contributed by atoms with van der Waals surface area (Å²) in [6, 6.07) is 7.91.